The van der Waals surface area contributed by atoms with Gasteiger partial charge < -0.3 is 0 Å². The molecule has 62 valence electrons. The predicted molar refractivity (Wildman–Crippen MR) is 51.8 cm³/mol. The van der Waals surface area contributed by atoms with Crippen LogP contribution in [0.25, 0.3) is 0 Å². The van der Waals surface area contributed by atoms with Gasteiger partial charge in [0.1, 0.15) is 0 Å². The first-order valence-electron chi connectivity index (χ1n) is 4.40. The average Bonchev–Trinajstić information content (AvgIpc) is 1.97. The fourth-order valence-electron chi connectivity index (χ4n) is 1.03. The Bertz CT molecular complexity index is 44.7. The molecule has 0 aliphatic rings. The maximum Gasteiger partial charge on any atom is -0.00703 e. The standard InChI is InChI=1S/C9H20S/c1-3-4-5-6-7-8-9-10-2/h3-9H2,1-2H3. The third kappa shape index (κ3) is 8.35. The number of thioether (sulfide) groups is 1. The summed E-state index contributed by atoms with van der Waals surface area (Å²) in [4.78, 5) is 0. The number of hydrogen-bond donors (Lipinski definition) is 0. The fraction of sp³-hybridized carbons (Fsp3) is 1.00. The molecule has 0 unspecified atom stereocenters. The van der Waals surface area contributed by atoms with Gasteiger partial charge in [-0.05, 0) is 18.4 Å². The summed E-state index contributed by atoms with van der Waals surface area (Å²) < 4.78 is 0. The normalized spacial score (nSPS) is 10.2. The SMILES string of the molecule is CCCCCCCCSC. The minimum Gasteiger partial charge on any atom is -0.165 e. The molecule has 0 N–H and O–H groups in total. The summed E-state index contributed by atoms with van der Waals surface area (Å²) in [5, 5.41) is 0. The first-order valence-corrected chi connectivity index (χ1v) is 5.80. The van der Waals surface area contributed by atoms with Crippen LogP contribution in [0.1, 0.15) is 45.4 Å². The van der Waals surface area contributed by atoms with Crippen LogP contribution in [0.4, 0.5) is 0 Å². The van der Waals surface area contributed by atoms with Crippen molar-refractivity contribution >= 4 is 11.8 Å². The summed E-state index contributed by atoms with van der Waals surface area (Å²) in [6, 6.07) is 0. The lowest BCUT2D eigenvalue weighted by atomic mass is 10.1. The molecule has 0 saturated heterocycles. The molecule has 0 amide bonds. The average molecular weight is 160 g/mol. The maximum absolute atomic E-state index is 2.27. The Morgan fingerprint density at radius 2 is 1.50 bits per heavy atom. The van der Waals surface area contributed by atoms with E-state index in [1.807, 2.05) is 11.8 Å². The minimum absolute atomic E-state index is 1.35. The molecular formula is C9H20S. The van der Waals surface area contributed by atoms with Crippen LogP contribution in [-0.2, 0) is 0 Å². The Kier molecular flexibility index (Phi) is 9.68. The lowest BCUT2D eigenvalue weighted by Gasteiger charge is -1.97. The number of hydrogen-bond acceptors (Lipinski definition) is 1. The van der Waals surface area contributed by atoms with Crippen LogP contribution in [0.2, 0.25) is 0 Å². The smallest absolute Gasteiger partial charge is 0.00703 e. The van der Waals surface area contributed by atoms with E-state index in [0.29, 0.717) is 0 Å². The quantitative estimate of drug-likeness (QED) is 0.512. The third-order valence-electron chi connectivity index (χ3n) is 1.70. The summed E-state index contributed by atoms with van der Waals surface area (Å²) >= 11 is 1.97. The van der Waals surface area contributed by atoms with Gasteiger partial charge in [0, 0.05) is 0 Å². The van der Waals surface area contributed by atoms with Crippen molar-refractivity contribution in [3.63, 3.8) is 0 Å². The van der Waals surface area contributed by atoms with Crippen LogP contribution in [0, 0.1) is 0 Å². The largest absolute Gasteiger partial charge is 0.165 e. The van der Waals surface area contributed by atoms with Gasteiger partial charge >= 0.3 is 0 Å². The van der Waals surface area contributed by atoms with Crippen molar-refractivity contribution in [3.05, 3.63) is 0 Å². The molecule has 0 fully saturated rings. The van der Waals surface area contributed by atoms with Gasteiger partial charge in [-0.15, -0.1) is 0 Å². The second kappa shape index (κ2) is 9.35. The lowest BCUT2D eigenvalue weighted by Crippen LogP contribution is -1.80. The highest BCUT2D eigenvalue weighted by molar-refractivity contribution is 7.98. The molecule has 0 bridgehead atoms. The van der Waals surface area contributed by atoms with E-state index in [9.17, 15) is 0 Å². The molecular weight excluding hydrogens is 140 g/mol. The van der Waals surface area contributed by atoms with Crippen molar-refractivity contribution < 1.29 is 0 Å². The Morgan fingerprint density at radius 1 is 0.900 bits per heavy atom. The molecule has 0 rings (SSSR count). The van der Waals surface area contributed by atoms with Crippen molar-refractivity contribution in [1.82, 2.24) is 0 Å². The highest BCUT2D eigenvalue weighted by Gasteiger charge is 1.87. The van der Waals surface area contributed by atoms with Crippen LogP contribution >= 0.6 is 11.8 Å². The zero-order valence-corrected chi connectivity index (χ0v) is 8.17. The van der Waals surface area contributed by atoms with Crippen molar-refractivity contribution in [3.8, 4) is 0 Å². The molecule has 0 aromatic carbocycles. The summed E-state index contributed by atoms with van der Waals surface area (Å²) in [5.41, 5.74) is 0. The zero-order valence-electron chi connectivity index (χ0n) is 7.36. The van der Waals surface area contributed by atoms with Gasteiger partial charge in [0.2, 0.25) is 0 Å². The Morgan fingerprint density at radius 3 is 2.10 bits per heavy atom. The molecule has 0 spiro atoms. The minimum atomic E-state index is 1.35. The van der Waals surface area contributed by atoms with Gasteiger partial charge in [0.05, 0.1) is 0 Å². The van der Waals surface area contributed by atoms with Gasteiger partial charge in [-0.3, -0.25) is 0 Å². The third-order valence-corrected chi connectivity index (χ3v) is 2.40. The van der Waals surface area contributed by atoms with E-state index in [0.717, 1.165) is 0 Å². The second-order valence-corrected chi connectivity index (χ2v) is 3.75. The number of unbranched alkanes of at least 4 members (excludes halogenated alkanes) is 5. The number of rotatable bonds is 7. The molecule has 0 heterocycles. The first-order chi connectivity index (χ1) is 4.91. The topological polar surface area (TPSA) is 0 Å². The van der Waals surface area contributed by atoms with Crippen LogP contribution in [-0.4, -0.2) is 12.0 Å². The van der Waals surface area contributed by atoms with Crippen molar-refractivity contribution in [1.29, 1.82) is 0 Å². The molecule has 0 atom stereocenters. The summed E-state index contributed by atoms with van der Waals surface area (Å²) in [6.07, 6.45) is 10.7. The summed E-state index contributed by atoms with van der Waals surface area (Å²) in [6.45, 7) is 2.27. The molecule has 0 aromatic rings. The molecule has 1 heteroatoms. The highest BCUT2D eigenvalue weighted by atomic mass is 32.2. The molecule has 0 aromatic heterocycles. The van der Waals surface area contributed by atoms with E-state index in [1.54, 1.807) is 0 Å². The van der Waals surface area contributed by atoms with Crippen LogP contribution < -0.4 is 0 Å². The summed E-state index contributed by atoms with van der Waals surface area (Å²) in [5.74, 6) is 1.35. The fourth-order valence-corrected chi connectivity index (χ4v) is 1.52. The molecule has 0 aliphatic heterocycles. The van der Waals surface area contributed by atoms with E-state index in [1.165, 1.54) is 44.3 Å². The van der Waals surface area contributed by atoms with Crippen LogP contribution in [0.15, 0.2) is 0 Å². The van der Waals surface area contributed by atoms with E-state index >= 15 is 0 Å². The zero-order chi connectivity index (χ0) is 7.66. The van der Waals surface area contributed by atoms with Gasteiger partial charge in [0.25, 0.3) is 0 Å². The van der Waals surface area contributed by atoms with Gasteiger partial charge in [0.15, 0.2) is 0 Å². The lowest BCUT2D eigenvalue weighted by molar-refractivity contribution is 0.627. The van der Waals surface area contributed by atoms with E-state index in [4.69, 9.17) is 0 Å². The predicted octanol–water partition coefficient (Wildman–Crippen LogP) is 3.71. The van der Waals surface area contributed by atoms with Crippen molar-refractivity contribution in [2.45, 2.75) is 45.4 Å². The van der Waals surface area contributed by atoms with Gasteiger partial charge in [-0.25, -0.2) is 0 Å². The monoisotopic (exact) mass is 160 g/mol. The van der Waals surface area contributed by atoms with E-state index < -0.39 is 0 Å². The molecule has 10 heavy (non-hydrogen) atoms. The molecule has 0 nitrogen and oxygen atoms in total. The first kappa shape index (κ1) is 10.3. The Labute approximate surface area is 69.8 Å². The molecule has 0 radical (unpaired) electrons. The van der Waals surface area contributed by atoms with E-state index in [-0.39, 0.29) is 0 Å². The second-order valence-electron chi connectivity index (χ2n) is 2.76. The molecule has 0 aliphatic carbocycles. The molecule has 0 saturated carbocycles. The Balaban J connectivity index is 2.65. The highest BCUT2D eigenvalue weighted by Crippen LogP contribution is 2.07. The van der Waals surface area contributed by atoms with Crippen LogP contribution in [0.3, 0.4) is 0 Å². The van der Waals surface area contributed by atoms with E-state index in [2.05, 4.69) is 13.2 Å². The van der Waals surface area contributed by atoms with Crippen LogP contribution in [0.5, 0.6) is 0 Å². The van der Waals surface area contributed by atoms with Crippen molar-refractivity contribution in [2.75, 3.05) is 12.0 Å². The Hall–Kier alpha value is 0.350. The van der Waals surface area contributed by atoms with Gasteiger partial charge in [-0.1, -0.05) is 39.0 Å². The van der Waals surface area contributed by atoms with Crippen molar-refractivity contribution in [2.24, 2.45) is 0 Å². The van der Waals surface area contributed by atoms with Gasteiger partial charge in [-0.2, -0.15) is 11.8 Å². The maximum atomic E-state index is 2.27. The summed E-state index contributed by atoms with van der Waals surface area (Å²) in [7, 11) is 0.